The number of para-hydroxylation sites is 1. The number of hydrogen-bond acceptors (Lipinski definition) is 4. The summed E-state index contributed by atoms with van der Waals surface area (Å²) in [5.74, 6) is -0.230. The Bertz CT molecular complexity index is 479. The molecule has 2 amide bonds. The molecular weight excluding hydrogens is 289 g/mol. The van der Waals surface area contributed by atoms with Crippen LogP contribution >= 0.6 is 0 Å². The molecular formula is C15H22FN3O3. The second kappa shape index (κ2) is 8.55. The largest absolute Gasteiger partial charge is 0.382 e. The Morgan fingerprint density at radius 1 is 1.23 bits per heavy atom. The van der Waals surface area contributed by atoms with E-state index in [1.54, 1.807) is 24.1 Å². The molecule has 0 atom stereocenters. The number of nitrogens with one attached hydrogen (secondary N) is 1. The van der Waals surface area contributed by atoms with E-state index in [-0.39, 0.29) is 18.6 Å². The van der Waals surface area contributed by atoms with Crippen molar-refractivity contribution in [2.24, 2.45) is 0 Å². The number of hydrogen-bond donors (Lipinski definition) is 1. The number of amides is 2. The zero-order valence-electron chi connectivity index (χ0n) is 12.8. The van der Waals surface area contributed by atoms with Gasteiger partial charge in [-0.1, -0.05) is 12.1 Å². The van der Waals surface area contributed by atoms with Gasteiger partial charge in [0.2, 0.25) is 0 Å². The third-order valence-corrected chi connectivity index (χ3v) is 3.52. The average molecular weight is 311 g/mol. The first-order valence-corrected chi connectivity index (χ1v) is 7.31. The second-order valence-corrected chi connectivity index (χ2v) is 4.95. The highest BCUT2D eigenvalue weighted by Gasteiger charge is 2.22. The van der Waals surface area contributed by atoms with Crippen molar-refractivity contribution in [3.05, 3.63) is 30.1 Å². The Morgan fingerprint density at radius 2 is 1.95 bits per heavy atom. The molecule has 1 aromatic rings. The van der Waals surface area contributed by atoms with Crippen molar-refractivity contribution >= 4 is 11.7 Å². The Labute approximate surface area is 129 Å². The Hall–Kier alpha value is -1.86. The van der Waals surface area contributed by atoms with E-state index in [1.165, 1.54) is 6.07 Å². The van der Waals surface area contributed by atoms with Gasteiger partial charge in [0.05, 0.1) is 18.9 Å². The number of carbonyl (C=O) groups is 1. The number of rotatable bonds is 6. The third-order valence-electron chi connectivity index (χ3n) is 3.52. The van der Waals surface area contributed by atoms with E-state index in [4.69, 9.17) is 9.47 Å². The molecule has 1 heterocycles. The van der Waals surface area contributed by atoms with Crippen LogP contribution in [0.25, 0.3) is 0 Å². The zero-order valence-corrected chi connectivity index (χ0v) is 12.8. The molecule has 1 fully saturated rings. The van der Waals surface area contributed by atoms with Gasteiger partial charge in [0, 0.05) is 33.3 Å². The third kappa shape index (κ3) is 4.57. The summed E-state index contributed by atoms with van der Waals surface area (Å²) >= 11 is 0. The maximum atomic E-state index is 13.7. The van der Waals surface area contributed by atoms with Crippen molar-refractivity contribution in [1.29, 1.82) is 0 Å². The Balaban J connectivity index is 1.72. The van der Waals surface area contributed by atoms with Crippen molar-refractivity contribution in [3.63, 3.8) is 0 Å². The molecule has 0 aromatic heterocycles. The summed E-state index contributed by atoms with van der Waals surface area (Å²) in [4.78, 5) is 15.6. The summed E-state index contributed by atoms with van der Waals surface area (Å²) in [6.07, 6.45) is 0. The lowest BCUT2D eigenvalue weighted by Gasteiger charge is -2.36. The predicted molar refractivity (Wildman–Crippen MR) is 81.4 cm³/mol. The second-order valence-electron chi connectivity index (χ2n) is 4.95. The molecule has 1 aromatic carbocycles. The molecule has 0 bridgehead atoms. The molecule has 2 rings (SSSR count). The van der Waals surface area contributed by atoms with E-state index in [1.807, 2.05) is 11.0 Å². The number of nitrogens with zero attached hydrogens (tertiary/aromatic N) is 2. The summed E-state index contributed by atoms with van der Waals surface area (Å²) in [5, 5.41) is 2.69. The summed E-state index contributed by atoms with van der Waals surface area (Å²) in [5.41, 5.74) is 0.588. The van der Waals surface area contributed by atoms with E-state index >= 15 is 0 Å². The molecule has 1 saturated heterocycles. The van der Waals surface area contributed by atoms with Crippen molar-refractivity contribution < 1.29 is 18.7 Å². The van der Waals surface area contributed by atoms with Gasteiger partial charge in [-0.25, -0.2) is 9.18 Å². The van der Waals surface area contributed by atoms with E-state index in [2.05, 4.69) is 5.32 Å². The molecule has 0 unspecified atom stereocenters. The summed E-state index contributed by atoms with van der Waals surface area (Å²) in [6, 6.07) is 6.53. The van der Waals surface area contributed by atoms with Crippen molar-refractivity contribution in [2.75, 3.05) is 58.1 Å². The van der Waals surface area contributed by atoms with Gasteiger partial charge in [-0.05, 0) is 12.1 Å². The summed E-state index contributed by atoms with van der Waals surface area (Å²) < 4.78 is 23.8. The van der Waals surface area contributed by atoms with Crippen LogP contribution in [0.4, 0.5) is 14.9 Å². The lowest BCUT2D eigenvalue weighted by Crippen LogP contribution is -2.52. The SMILES string of the molecule is COCCOCNC(=O)N1CCN(c2ccccc2F)CC1. The van der Waals surface area contributed by atoms with E-state index in [9.17, 15) is 9.18 Å². The smallest absolute Gasteiger partial charge is 0.319 e. The van der Waals surface area contributed by atoms with Gasteiger partial charge < -0.3 is 24.6 Å². The molecule has 22 heavy (non-hydrogen) atoms. The fourth-order valence-corrected chi connectivity index (χ4v) is 2.30. The van der Waals surface area contributed by atoms with Crippen LogP contribution in [0.3, 0.4) is 0 Å². The topological polar surface area (TPSA) is 54.0 Å². The number of benzene rings is 1. The maximum Gasteiger partial charge on any atom is 0.319 e. The molecule has 0 radical (unpaired) electrons. The highest BCUT2D eigenvalue weighted by Crippen LogP contribution is 2.19. The minimum Gasteiger partial charge on any atom is -0.382 e. The minimum atomic E-state index is -0.230. The van der Waals surface area contributed by atoms with Crippen LogP contribution in [-0.2, 0) is 9.47 Å². The Morgan fingerprint density at radius 3 is 2.64 bits per heavy atom. The summed E-state index contributed by atoms with van der Waals surface area (Å²) in [6.45, 7) is 3.43. The van der Waals surface area contributed by atoms with E-state index < -0.39 is 0 Å². The van der Waals surface area contributed by atoms with Crippen LogP contribution < -0.4 is 10.2 Å². The monoisotopic (exact) mass is 311 g/mol. The number of piperazine rings is 1. The standard InChI is InChI=1S/C15H22FN3O3/c1-21-10-11-22-12-17-15(20)19-8-6-18(7-9-19)14-5-3-2-4-13(14)16/h2-5H,6-12H2,1H3,(H,17,20). The number of carbonyl (C=O) groups excluding carboxylic acids is 1. The molecule has 1 N–H and O–H groups in total. The van der Waals surface area contributed by atoms with Crippen LogP contribution in [0.15, 0.2) is 24.3 Å². The van der Waals surface area contributed by atoms with Gasteiger partial charge in [-0.2, -0.15) is 0 Å². The number of urea groups is 1. The number of methoxy groups -OCH3 is 1. The van der Waals surface area contributed by atoms with E-state index in [0.717, 1.165) is 0 Å². The molecule has 0 spiro atoms. The van der Waals surface area contributed by atoms with Crippen LogP contribution in [0.5, 0.6) is 0 Å². The first kappa shape index (κ1) is 16.5. The maximum absolute atomic E-state index is 13.7. The van der Waals surface area contributed by atoms with Gasteiger partial charge in [0.15, 0.2) is 0 Å². The lowest BCUT2D eigenvalue weighted by atomic mass is 10.2. The van der Waals surface area contributed by atoms with Crippen LogP contribution in [-0.4, -0.2) is 64.2 Å². The van der Waals surface area contributed by atoms with Gasteiger partial charge >= 0.3 is 6.03 Å². The molecule has 1 aliphatic rings. The first-order chi connectivity index (χ1) is 10.7. The molecule has 1 aliphatic heterocycles. The van der Waals surface area contributed by atoms with Crippen molar-refractivity contribution in [1.82, 2.24) is 10.2 Å². The van der Waals surface area contributed by atoms with Crippen LogP contribution in [0.2, 0.25) is 0 Å². The molecule has 0 saturated carbocycles. The normalized spacial score (nSPS) is 15.0. The van der Waals surface area contributed by atoms with Crippen molar-refractivity contribution in [2.45, 2.75) is 0 Å². The Kier molecular flexibility index (Phi) is 6.42. The fraction of sp³-hybridized carbons (Fsp3) is 0.533. The number of anilines is 1. The molecule has 7 heteroatoms. The molecule has 122 valence electrons. The molecule has 6 nitrogen and oxygen atoms in total. The van der Waals surface area contributed by atoms with Gasteiger partial charge in [-0.3, -0.25) is 0 Å². The summed E-state index contributed by atoms with van der Waals surface area (Å²) in [7, 11) is 1.59. The van der Waals surface area contributed by atoms with Crippen molar-refractivity contribution in [3.8, 4) is 0 Å². The van der Waals surface area contributed by atoms with Gasteiger partial charge in [0.25, 0.3) is 0 Å². The first-order valence-electron chi connectivity index (χ1n) is 7.31. The highest BCUT2D eigenvalue weighted by molar-refractivity contribution is 5.74. The lowest BCUT2D eigenvalue weighted by molar-refractivity contribution is 0.0615. The number of ether oxygens (including phenoxy) is 2. The fourth-order valence-electron chi connectivity index (χ4n) is 2.30. The molecule has 0 aliphatic carbocycles. The van der Waals surface area contributed by atoms with Crippen LogP contribution in [0, 0.1) is 5.82 Å². The zero-order chi connectivity index (χ0) is 15.8. The van der Waals surface area contributed by atoms with Gasteiger partial charge in [0.1, 0.15) is 12.5 Å². The highest BCUT2D eigenvalue weighted by atomic mass is 19.1. The van der Waals surface area contributed by atoms with Gasteiger partial charge in [-0.15, -0.1) is 0 Å². The predicted octanol–water partition coefficient (Wildman–Crippen LogP) is 1.28. The number of halogens is 1. The van der Waals surface area contributed by atoms with Crippen LogP contribution in [0.1, 0.15) is 0 Å². The minimum absolute atomic E-state index is 0.161. The average Bonchev–Trinajstić information content (AvgIpc) is 2.55. The quantitative estimate of drug-likeness (QED) is 0.635. The van der Waals surface area contributed by atoms with E-state index in [0.29, 0.717) is 45.1 Å².